The van der Waals surface area contributed by atoms with Gasteiger partial charge in [-0.2, -0.15) is 0 Å². The molecule has 0 spiro atoms. The molecule has 0 fully saturated rings. The Kier molecular flexibility index (Phi) is 7.09. The van der Waals surface area contributed by atoms with Gasteiger partial charge in [0.15, 0.2) is 10.9 Å². The molecule has 8 nitrogen and oxygen atoms in total. The molecule has 0 bridgehead atoms. The largest absolute Gasteiger partial charge is 0.497 e. The number of ketones is 1. The fraction of sp³-hybridized carbons (Fsp3) is 0.179. The Morgan fingerprint density at radius 3 is 2.53 bits per heavy atom. The smallest absolute Gasteiger partial charge is 0.268 e. The number of nitrogens with zero attached hydrogens (tertiary/aromatic N) is 3. The molecule has 0 unspecified atom stereocenters. The van der Waals surface area contributed by atoms with Crippen molar-refractivity contribution in [1.82, 2.24) is 9.97 Å². The average molecular weight is 548 g/mol. The number of fused-ring (bicyclic) bond motifs is 3. The van der Waals surface area contributed by atoms with E-state index < -0.39 is 10.0 Å². The highest BCUT2D eigenvalue weighted by Crippen LogP contribution is 2.43. The lowest BCUT2D eigenvalue weighted by Gasteiger charge is -2.31. The molecule has 0 N–H and O–H groups in total. The van der Waals surface area contributed by atoms with Gasteiger partial charge < -0.3 is 9.47 Å². The van der Waals surface area contributed by atoms with Crippen LogP contribution in [0.1, 0.15) is 21.5 Å². The van der Waals surface area contributed by atoms with Crippen molar-refractivity contribution in [1.29, 1.82) is 0 Å². The van der Waals surface area contributed by atoms with E-state index in [4.69, 9.17) is 9.47 Å². The monoisotopic (exact) mass is 547 g/mol. The van der Waals surface area contributed by atoms with Crippen LogP contribution in [0.25, 0.3) is 11.3 Å². The molecule has 3 aromatic carbocycles. The first kappa shape index (κ1) is 25.7. The van der Waals surface area contributed by atoms with Crippen LogP contribution in [0.15, 0.2) is 83.0 Å². The minimum atomic E-state index is -3.92. The molecule has 1 aromatic heterocycles. The Hall–Kier alpha value is -3.89. The molecule has 1 aliphatic rings. The summed E-state index contributed by atoms with van der Waals surface area (Å²) in [5.41, 5.74) is 3.87. The SMILES string of the molecule is COc1ccc(OC)c(C(=O)CSc2ncc3c(n2)-c2ccccc2N(Cc2ccccc2C)S3(=O)=O)c1. The van der Waals surface area contributed by atoms with Crippen molar-refractivity contribution >= 4 is 33.3 Å². The summed E-state index contributed by atoms with van der Waals surface area (Å²) in [6.07, 6.45) is 1.33. The topological polar surface area (TPSA) is 98.7 Å². The van der Waals surface area contributed by atoms with E-state index in [0.717, 1.165) is 22.9 Å². The molecule has 2 heterocycles. The summed E-state index contributed by atoms with van der Waals surface area (Å²) in [6, 6.07) is 20.0. The molecule has 0 atom stereocenters. The number of benzene rings is 3. The quantitative estimate of drug-likeness (QED) is 0.170. The number of thioether (sulfide) groups is 1. The van der Waals surface area contributed by atoms with Crippen LogP contribution in [0, 0.1) is 6.92 Å². The van der Waals surface area contributed by atoms with Crippen molar-refractivity contribution in [3.05, 3.63) is 89.6 Å². The van der Waals surface area contributed by atoms with Crippen LogP contribution in [0.4, 0.5) is 5.69 Å². The van der Waals surface area contributed by atoms with Crippen LogP contribution >= 0.6 is 11.8 Å². The van der Waals surface area contributed by atoms with E-state index in [1.807, 2.05) is 43.3 Å². The minimum absolute atomic E-state index is 0.0370. The van der Waals surface area contributed by atoms with Crippen molar-refractivity contribution in [2.24, 2.45) is 0 Å². The van der Waals surface area contributed by atoms with Gasteiger partial charge in [-0.3, -0.25) is 9.10 Å². The van der Waals surface area contributed by atoms with E-state index >= 15 is 0 Å². The number of carbonyl (C=O) groups is 1. The molecule has 10 heteroatoms. The number of anilines is 1. The highest BCUT2D eigenvalue weighted by Gasteiger charge is 2.36. The maximum Gasteiger partial charge on any atom is 0.268 e. The van der Waals surface area contributed by atoms with Gasteiger partial charge in [0, 0.05) is 5.56 Å². The number of rotatable bonds is 8. The van der Waals surface area contributed by atoms with Crippen molar-refractivity contribution in [2.45, 2.75) is 23.5 Å². The summed E-state index contributed by atoms with van der Waals surface area (Å²) in [6.45, 7) is 2.15. The Labute approximate surface area is 225 Å². The number of sulfonamides is 1. The fourth-order valence-electron chi connectivity index (χ4n) is 4.30. The molecular formula is C28H25N3O5S2. The second-order valence-electron chi connectivity index (χ2n) is 8.60. The van der Waals surface area contributed by atoms with Crippen molar-refractivity contribution in [3.8, 4) is 22.8 Å². The van der Waals surface area contributed by atoms with E-state index in [1.165, 1.54) is 24.7 Å². The zero-order valence-corrected chi connectivity index (χ0v) is 22.7. The van der Waals surface area contributed by atoms with Gasteiger partial charge in [0.25, 0.3) is 10.0 Å². The zero-order chi connectivity index (χ0) is 26.9. The molecule has 0 amide bonds. The maximum absolute atomic E-state index is 13.7. The summed E-state index contributed by atoms with van der Waals surface area (Å²) >= 11 is 1.13. The summed E-state index contributed by atoms with van der Waals surface area (Å²) in [5, 5.41) is 0.302. The number of hydrogen-bond donors (Lipinski definition) is 0. The van der Waals surface area contributed by atoms with Crippen LogP contribution < -0.4 is 13.8 Å². The van der Waals surface area contributed by atoms with Crippen LogP contribution in [0.2, 0.25) is 0 Å². The number of methoxy groups -OCH3 is 2. The Morgan fingerprint density at radius 2 is 1.76 bits per heavy atom. The van der Waals surface area contributed by atoms with Crippen molar-refractivity contribution < 1.29 is 22.7 Å². The Morgan fingerprint density at radius 1 is 1.00 bits per heavy atom. The van der Waals surface area contributed by atoms with Gasteiger partial charge in [-0.1, -0.05) is 54.2 Å². The number of aromatic nitrogens is 2. The number of ether oxygens (including phenoxy) is 2. The Bertz CT molecular complexity index is 1640. The standard InChI is InChI=1S/C28H25N3O5S2/c1-18-8-4-5-9-19(18)16-31-23-11-7-6-10-21(23)27-26(38(31,33)34)15-29-28(30-27)37-17-24(32)22-14-20(35-2)12-13-25(22)36-3/h4-15H,16-17H2,1-3H3. The minimum Gasteiger partial charge on any atom is -0.497 e. The van der Waals surface area contributed by atoms with Crippen LogP contribution in [-0.4, -0.2) is 44.1 Å². The van der Waals surface area contributed by atoms with Gasteiger partial charge in [0.1, 0.15) is 16.4 Å². The molecule has 4 aromatic rings. The predicted octanol–water partition coefficient (Wildman–Crippen LogP) is 5.15. The lowest BCUT2D eigenvalue weighted by Crippen LogP contribution is -2.34. The second kappa shape index (κ2) is 10.5. The zero-order valence-electron chi connectivity index (χ0n) is 21.0. The number of Topliss-reactive ketones (excluding diaryl/α,β-unsaturated/α-hetero) is 1. The number of hydrogen-bond acceptors (Lipinski definition) is 8. The lowest BCUT2D eigenvalue weighted by atomic mass is 10.1. The van der Waals surface area contributed by atoms with Crippen molar-refractivity contribution in [3.63, 3.8) is 0 Å². The summed E-state index contributed by atoms with van der Waals surface area (Å²) in [4.78, 5) is 21.9. The molecule has 38 heavy (non-hydrogen) atoms. The van der Waals surface area contributed by atoms with E-state index in [0.29, 0.717) is 39.2 Å². The van der Waals surface area contributed by atoms with E-state index in [1.54, 1.807) is 30.3 Å². The third-order valence-corrected chi connectivity index (χ3v) is 8.97. The van der Waals surface area contributed by atoms with Crippen LogP contribution in [0.3, 0.4) is 0 Å². The molecule has 5 rings (SSSR count). The maximum atomic E-state index is 13.7. The highest BCUT2D eigenvalue weighted by molar-refractivity contribution is 7.99. The van der Waals surface area contributed by atoms with E-state index in [9.17, 15) is 13.2 Å². The average Bonchev–Trinajstić information content (AvgIpc) is 2.94. The normalized spacial score (nSPS) is 13.4. The first-order chi connectivity index (χ1) is 18.3. The third kappa shape index (κ3) is 4.72. The molecule has 1 aliphatic heterocycles. The van der Waals surface area contributed by atoms with Gasteiger partial charge in [0.2, 0.25) is 0 Å². The second-order valence-corrected chi connectivity index (χ2v) is 11.4. The lowest BCUT2D eigenvalue weighted by molar-refractivity contribution is 0.101. The number of aryl methyl sites for hydroxylation is 1. The fourth-order valence-corrected chi connectivity index (χ4v) is 6.55. The predicted molar refractivity (Wildman–Crippen MR) is 147 cm³/mol. The van der Waals surface area contributed by atoms with Crippen molar-refractivity contribution in [2.75, 3.05) is 24.3 Å². The van der Waals surface area contributed by atoms with E-state index in [-0.39, 0.29) is 23.0 Å². The van der Waals surface area contributed by atoms with Gasteiger partial charge in [-0.15, -0.1) is 0 Å². The molecule has 0 radical (unpaired) electrons. The van der Waals surface area contributed by atoms with Crippen LogP contribution in [0.5, 0.6) is 11.5 Å². The Balaban J connectivity index is 1.46. The number of carbonyl (C=O) groups excluding carboxylic acids is 1. The third-order valence-electron chi connectivity index (χ3n) is 6.34. The number of para-hydroxylation sites is 1. The van der Waals surface area contributed by atoms with E-state index in [2.05, 4.69) is 9.97 Å². The summed E-state index contributed by atoms with van der Waals surface area (Å²) < 4.78 is 39.4. The van der Waals surface area contributed by atoms with Gasteiger partial charge in [-0.05, 0) is 42.3 Å². The molecule has 0 saturated carbocycles. The molecular weight excluding hydrogens is 522 g/mol. The molecule has 194 valence electrons. The van der Waals surface area contributed by atoms with Gasteiger partial charge in [0.05, 0.1) is 49.7 Å². The first-order valence-electron chi connectivity index (χ1n) is 11.7. The van der Waals surface area contributed by atoms with Gasteiger partial charge >= 0.3 is 0 Å². The summed E-state index contributed by atoms with van der Waals surface area (Å²) in [5.74, 6) is 0.832. The highest BCUT2D eigenvalue weighted by atomic mass is 32.2. The first-order valence-corrected chi connectivity index (χ1v) is 14.2. The molecule has 0 saturated heterocycles. The van der Waals surface area contributed by atoms with Crippen LogP contribution in [-0.2, 0) is 16.6 Å². The van der Waals surface area contributed by atoms with Gasteiger partial charge in [-0.25, -0.2) is 18.4 Å². The molecule has 0 aliphatic carbocycles. The summed E-state index contributed by atoms with van der Waals surface area (Å²) in [7, 11) is -0.891.